The Bertz CT molecular complexity index is 434. The quantitative estimate of drug-likeness (QED) is 0.767. The van der Waals surface area contributed by atoms with Crippen LogP contribution in [0.25, 0.3) is 0 Å². The normalized spacial score (nSPS) is 9.94. The van der Waals surface area contributed by atoms with Gasteiger partial charge in [0.1, 0.15) is 6.54 Å². The maximum absolute atomic E-state index is 11.9. The van der Waals surface area contributed by atoms with Crippen molar-refractivity contribution in [3.8, 4) is 0 Å². The summed E-state index contributed by atoms with van der Waals surface area (Å²) in [6.07, 6.45) is 0.176. The van der Waals surface area contributed by atoms with Gasteiger partial charge in [-0.3, -0.25) is 9.59 Å². The van der Waals surface area contributed by atoms with Crippen LogP contribution in [-0.2, 0) is 20.7 Å². The number of hydrogen-bond donors (Lipinski definition) is 0. The van der Waals surface area contributed by atoms with Crippen molar-refractivity contribution in [2.24, 2.45) is 0 Å². The van der Waals surface area contributed by atoms with Crippen molar-refractivity contribution >= 4 is 23.5 Å². The molecule has 0 aliphatic heterocycles. The first-order valence-electron chi connectivity index (χ1n) is 5.67. The summed E-state index contributed by atoms with van der Waals surface area (Å²) in [5.74, 6) is -0.580. The van der Waals surface area contributed by atoms with Crippen LogP contribution in [0.1, 0.15) is 12.5 Å². The zero-order valence-corrected chi connectivity index (χ0v) is 11.2. The van der Waals surface area contributed by atoms with Crippen molar-refractivity contribution in [2.75, 3.05) is 20.2 Å². The highest BCUT2D eigenvalue weighted by Crippen LogP contribution is 2.15. The summed E-state index contributed by atoms with van der Waals surface area (Å²) in [5, 5.41) is 0.551. The molecule has 1 aromatic rings. The van der Waals surface area contributed by atoms with Gasteiger partial charge in [0, 0.05) is 12.1 Å². The van der Waals surface area contributed by atoms with E-state index in [1.54, 1.807) is 32.2 Å². The van der Waals surface area contributed by atoms with E-state index in [2.05, 4.69) is 0 Å². The maximum Gasteiger partial charge on any atom is 0.325 e. The molecule has 0 aliphatic carbocycles. The number of carbonyl (C=O) groups is 2. The van der Waals surface area contributed by atoms with E-state index in [1.807, 2.05) is 6.07 Å². The first-order chi connectivity index (χ1) is 8.54. The topological polar surface area (TPSA) is 46.6 Å². The highest BCUT2D eigenvalue weighted by atomic mass is 35.5. The van der Waals surface area contributed by atoms with Crippen molar-refractivity contribution in [1.29, 1.82) is 0 Å². The summed E-state index contributed by atoms with van der Waals surface area (Å²) in [5.41, 5.74) is 0.750. The molecule has 0 radical (unpaired) electrons. The fourth-order valence-corrected chi connectivity index (χ4v) is 1.63. The van der Waals surface area contributed by atoms with Crippen LogP contribution >= 0.6 is 11.6 Å². The van der Waals surface area contributed by atoms with Crippen molar-refractivity contribution in [3.05, 3.63) is 34.9 Å². The Morgan fingerprint density at radius 2 is 2.00 bits per heavy atom. The Balaban J connectivity index is 2.55. The summed E-state index contributed by atoms with van der Waals surface area (Å²) < 4.78 is 4.78. The van der Waals surface area contributed by atoms with E-state index in [9.17, 15) is 9.59 Å². The molecule has 0 saturated carbocycles. The number of ether oxygens (including phenoxy) is 1. The van der Waals surface area contributed by atoms with Crippen LogP contribution < -0.4 is 0 Å². The van der Waals surface area contributed by atoms with E-state index in [4.69, 9.17) is 16.3 Å². The second-order valence-corrected chi connectivity index (χ2v) is 4.23. The van der Waals surface area contributed by atoms with E-state index in [1.165, 1.54) is 4.90 Å². The van der Waals surface area contributed by atoms with Crippen molar-refractivity contribution in [2.45, 2.75) is 13.3 Å². The third kappa shape index (κ3) is 4.37. The maximum atomic E-state index is 11.9. The Morgan fingerprint density at radius 1 is 1.33 bits per heavy atom. The van der Waals surface area contributed by atoms with Gasteiger partial charge in [0.2, 0.25) is 5.91 Å². The van der Waals surface area contributed by atoms with Gasteiger partial charge in [0.25, 0.3) is 0 Å². The molecule has 1 rings (SSSR count). The molecule has 1 aromatic carbocycles. The molecule has 0 aliphatic rings. The lowest BCUT2D eigenvalue weighted by Crippen LogP contribution is -2.34. The van der Waals surface area contributed by atoms with Gasteiger partial charge in [-0.1, -0.05) is 29.8 Å². The molecule has 98 valence electrons. The van der Waals surface area contributed by atoms with Crippen LogP contribution in [-0.4, -0.2) is 37.0 Å². The van der Waals surface area contributed by atoms with Crippen LogP contribution in [0, 0.1) is 0 Å². The third-order valence-electron chi connectivity index (χ3n) is 2.40. The molecule has 0 unspecified atom stereocenters. The molecule has 18 heavy (non-hydrogen) atoms. The van der Waals surface area contributed by atoms with E-state index < -0.39 is 5.97 Å². The number of likely N-dealkylation sites (N-methyl/N-ethyl adjacent to an activating group) is 1. The van der Waals surface area contributed by atoms with Crippen LogP contribution in [0.15, 0.2) is 24.3 Å². The Kier molecular flexibility index (Phi) is 5.65. The molecule has 0 saturated heterocycles. The zero-order valence-electron chi connectivity index (χ0n) is 10.5. The summed E-state index contributed by atoms with van der Waals surface area (Å²) in [7, 11) is 1.57. The van der Waals surface area contributed by atoms with Gasteiger partial charge in [0.05, 0.1) is 13.0 Å². The Labute approximate surface area is 111 Å². The molecule has 1 amide bonds. The van der Waals surface area contributed by atoms with Crippen molar-refractivity contribution in [3.63, 3.8) is 0 Å². The first kappa shape index (κ1) is 14.5. The zero-order chi connectivity index (χ0) is 13.5. The van der Waals surface area contributed by atoms with E-state index in [0.29, 0.717) is 11.6 Å². The van der Waals surface area contributed by atoms with E-state index >= 15 is 0 Å². The highest BCUT2D eigenvalue weighted by molar-refractivity contribution is 6.31. The second-order valence-electron chi connectivity index (χ2n) is 3.82. The minimum atomic E-state index is -0.410. The van der Waals surface area contributed by atoms with Gasteiger partial charge in [-0.25, -0.2) is 0 Å². The van der Waals surface area contributed by atoms with E-state index in [-0.39, 0.29) is 18.9 Å². The number of amides is 1. The summed E-state index contributed by atoms with van der Waals surface area (Å²) in [4.78, 5) is 24.4. The van der Waals surface area contributed by atoms with Gasteiger partial charge in [-0.05, 0) is 18.6 Å². The number of nitrogens with zero attached hydrogens (tertiary/aromatic N) is 1. The molecule has 0 spiro atoms. The van der Waals surface area contributed by atoms with Gasteiger partial charge in [-0.15, -0.1) is 0 Å². The molecule has 0 N–H and O–H groups in total. The molecule has 0 bridgehead atoms. The lowest BCUT2D eigenvalue weighted by Gasteiger charge is -2.16. The van der Waals surface area contributed by atoms with Crippen LogP contribution in [0.3, 0.4) is 0 Å². The summed E-state index contributed by atoms with van der Waals surface area (Å²) in [6, 6.07) is 7.15. The largest absolute Gasteiger partial charge is 0.465 e. The van der Waals surface area contributed by atoms with E-state index in [0.717, 1.165) is 5.56 Å². The molecule has 0 atom stereocenters. The van der Waals surface area contributed by atoms with Crippen LogP contribution in [0.5, 0.6) is 0 Å². The average molecular weight is 270 g/mol. The SMILES string of the molecule is CCOC(=O)CN(C)C(=O)Cc1ccccc1Cl. The molecule has 4 nitrogen and oxygen atoms in total. The minimum absolute atomic E-state index is 0.0445. The first-order valence-corrected chi connectivity index (χ1v) is 6.05. The number of carbonyl (C=O) groups excluding carboxylic acids is 2. The highest BCUT2D eigenvalue weighted by Gasteiger charge is 2.15. The minimum Gasteiger partial charge on any atom is -0.465 e. The van der Waals surface area contributed by atoms with Gasteiger partial charge >= 0.3 is 5.97 Å². The van der Waals surface area contributed by atoms with Crippen molar-refractivity contribution < 1.29 is 14.3 Å². The van der Waals surface area contributed by atoms with Gasteiger partial charge in [-0.2, -0.15) is 0 Å². The molecule has 0 heterocycles. The number of benzene rings is 1. The molecule has 0 fully saturated rings. The lowest BCUT2D eigenvalue weighted by molar-refractivity contribution is -0.147. The summed E-state index contributed by atoms with van der Waals surface area (Å²) in [6.45, 7) is 1.99. The standard InChI is InChI=1S/C13H16ClNO3/c1-3-18-13(17)9-15(2)12(16)8-10-6-4-5-7-11(10)14/h4-7H,3,8-9H2,1-2H3. The molecular formula is C13H16ClNO3. The van der Waals surface area contributed by atoms with Crippen LogP contribution in [0.2, 0.25) is 5.02 Å². The number of halogens is 1. The fourth-order valence-electron chi connectivity index (χ4n) is 1.43. The smallest absolute Gasteiger partial charge is 0.325 e. The molecule has 0 aromatic heterocycles. The second kappa shape index (κ2) is 7.01. The van der Waals surface area contributed by atoms with Gasteiger partial charge < -0.3 is 9.64 Å². The Morgan fingerprint density at radius 3 is 2.61 bits per heavy atom. The molecule has 5 heteroatoms. The Hall–Kier alpha value is -1.55. The van der Waals surface area contributed by atoms with Gasteiger partial charge in [0.15, 0.2) is 0 Å². The fraction of sp³-hybridized carbons (Fsp3) is 0.385. The third-order valence-corrected chi connectivity index (χ3v) is 2.77. The van der Waals surface area contributed by atoms with Crippen LogP contribution in [0.4, 0.5) is 0 Å². The number of hydrogen-bond acceptors (Lipinski definition) is 3. The summed E-state index contributed by atoms with van der Waals surface area (Å²) >= 11 is 5.97. The average Bonchev–Trinajstić information content (AvgIpc) is 2.32. The molecular weight excluding hydrogens is 254 g/mol. The monoisotopic (exact) mass is 269 g/mol. The van der Waals surface area contributed by atoms with Crippen molar-refractivity contribution in [1.82, 2.24) is 4.90 Å². The predicted molar refractivity (Wildman–Crippen MR) is 69.4 cm³/mol. The number of esters is 1. The lowest BCUT2D eigenvalue weighted by atomic mass is 10.1. The number of rotatable bonds is 5. The predicted octanol–water partition coefficient (Wildman–Crippen LogP) is 1.90.